The van der Waals surface area contributed by atoms with Crippen LogP contribution < -0.4 is 5.56 Å². The van der Waals surface area contributed by atoms with Crippen molar-refractivity contribution in [2.45, 2.75) is 24.9 Å². The quantitative estimate of drug-likeness (QED) is 0.635. The van der Waals surface area contributed by atoms with E-state index in [1.807, 2.05) is 22.6 Å². The predicted molar refractivity (Wildman–Crippen MR) is 59.4 cm³/mol. The molecule has 3 atom stereocenters. The third-order valence-corrected chi connectivity index (χ3v) is 3.20. The Kier molecular flexibility index (Phi) is 3.14. The van der Waals surface area contributed by atoms with E-state index < -0.39 is 18.4 Å². The number of aliphatic hydroxyl groups excluding tert-OH is 2. The number of nitrogens with zero attached hydrogens (tertiary/aromatic N) is 1. The van der Waals surface area contributed by atoms with Gasteiger partial charge in [-0.15, -0.1) is 0 Å². The molecule has 2 heterocycles. The van der Waals surface area contributed by atoms with Crippen LogP contribution in [0.15, 0.2) is 11.0 Å². The number of hydrogen-bond donors (Lipinski definition) is 3. The third-order valence-electron chi connectivity index (χ3n) is 2.43. The van der Waals surface area contributed by atoms with Gasteiger partial charge < -0.3 is 14.9 Å². The molecule has 0 spiro atoms. The van der Waals surface area contributed by atoms with E-state index in [1.165, 1.54) is 4.68 Å². The molecule has 3 N–H and O–H groups in total. The number of ether oxygens (including phenoxy) is 1. The minimum atomic E-state index is -0.729. The van der Waals surface area contributed by atoms with E-state index in [4.69, 9.17) is 9.84 Å². The Hall–Kier alpha value is -0.380. The fraction of sp³-hybridized carbons (Fsp3) is 0.625. The van der Waals surface area contributed by atoms with Gasteiger partial charge in [0.05, 0.1) is 16.3 Å². The summed E-state index contributed by atoms with van der Waals surface area (Å²) in [5.41, 5.74) is -0.175. The molecule has 0 amide bonds. The van der Waals surface area contributed by atoms with Gasteiger partial charge in [-0.25, -0.2) is 4.68 Å². The summed E-state index contributed by atoms with van der Waals surface area (Å²) in [6, 6.07) is 0. The number of aromatic amines is 1. The van der Waals surface area contributed by atoms with Gasteiger partial charge in [0.2, 0.25) is 0 Å². The Bertz CT molecular complexity index is 402. The molecule has 1 aliphatic heterocycles. The molecule has 1 saturated heterocycles. The fourth-order valence-corrected chi connectivity index (χ4v) is 2.01. The lowest BCUT2D eigenvalue weighted by molar-refractivity contribution is -0.0495. The van der Waals surface area contributed by atoms with Gasteiger partial charge in [0.25, 0.3) is 5.56 Å². The largest absolute Gasteiger partial charge is 0.394 e. The molecule has 7 heteroatoms. The first-order valence-electron chi connectivity index (χ1n) is 4.53. The maximum Gasteiger partial charge on any atom is 0.282 e. The van der Waals surface area contributed by atoms with E-state index in [2.05, 4.69) is 5.10 Å². The summed E-state index contributed by atoms with van der Waals surface area (Å²) < 4.78 is 7.22. The first-order chi connectivity index (χ1) is 7.13. The Morgan fingerprint density at radius 1 is 1.73 bits per heavy atom. The van der Waals surface area contributed by atoms with Crippen LogP contribution in [0.25, 0.3) is 0 Å². The van der Waals surface area contributed by atoms with E-state index in [1.54, 1.807) is 6.20 Å². The van der Waals surface area contributed by atoms with Crippen LogP contribution >= 0.6 is 22.6 Å². The molecule has 2 rings (SSSR count). The highest BCUT2D eigenvalue weighted by molar-refractivity contribution is 14.1. The number of H-pyrrole nitrogens is 1. The lowest BCUT2D eigenvalue weighted by atomic mass is 10.2. The van der Waals surface area contributed by atoms with Crippen LogP contribution in [0.2, 0.25) is 0 Å². The summed E-state index contributed by atoms with van der Waals surface area (Å²) in [6.07, 6.45) is 0.0241. The summed E-state index contributed by atoms with van der Waals surface area (Å²) in [5, 5.41) is 21.2. The first kappa shape index (κ1) is 11.1. The summed E-state index contributed by atoms with van der Waals surface area (Å²) >= 11 is 1.92. The zero-order chi connectivity index (χ0) is 11.0. The van der Waals surface area contributed by atoms with Gasteiger partial charge in [-0.1, -0.05) is 0 Å². The molecule has 6 nitrogen and oxygen atoms in total. The lowest BCUT2D eigenvalue weighted by Crippen LogP contribution is -2.25. The van der Waals surface area contributed by atoms with Crippen LogP contribution in [0.3, 0.4) is 0 Å². The number of halogens is 1. The summed E-state index contributed by atoms with van der Waals surface area (Å²) in [6.45, 7) is -0.246. The van der Waals surface area contributed by atoms with Crippen molar-refractivity contribution in [2.75, 3.05) is 6.61 Å². The normalized spacial score (nSPS) is 31.0. The maximum absolute atomic E-state index is 11.6. The van der Waals surface area contributed by atoms with E-state index in [9.17, 15) is 9.90 Å². The standard InChI is InChI=1S/C8H11IN2O4/c9-4-2-10-11(8(4)14)7-1-5(13)6(3-12)15-7/h2,5-7,10,12-13H,1,3H2. The molecule has 1 aromatic rings. The number of nitrogens with one attached hydrogen (secondary N) is 1. The molecule has 1 fully saturated rings. The summed E-state index contributed by atoms with van der Waals surface area (Å²) in [5.74, 6) is 0. The van der Waals surface area contributed by atoms with Crippen LogP contribution in [0.1, 0.15) is 12.6 Å². The Morgan fingerprint density at radius 2 is 2.47 bits per heavy atom. The van der Waals surface area contributed by atoms with Crippen LogP contribution in [0.5, 0.6) is 0 Å². The van der Waals surface area contributed by atoms with Crippen LogP contribution in [0, 0.1) is 3.57 Å². The minimum absolute atomic E-state index is 0.175. The fourth-order valence-electron chi connectivity index (χ4n) is 1.61. The molecule has 15 heavy (non-hydrogen) atoms. The molecule has 0 bridgehead atoms. The predicted octanol–water partition coefficient (Wildman–Crippen LogP) is -0.578. The molecule has 0 aromatic carbocycles. The highest BCUT2D eigenvalue weighted by atomic mass is 127. The van der Waals surface area contributed by atoms with Crippen molar-refractivity contribution in [3.63, 3.8) is 0 Å². The molecule has 1 aliphatic rings. The highest BCUT2D eigenvalue weighted by Crippen LogP contribution is 2.26. The molecule has 0 saturated carbocycles. The monoisotopic (exact) mass is 326 g/mol. The van der Waals surface area contributed by atoms with Gasteiger partial charge in [-0.2, -0.15) is 0 Å². The molecule has 84 valence electrons. The highest BCUT2D eigenvalue weighted by Gasteiger charge is 2.35. The summed E-state index contributed by atoms with van der Waals surface area (Å²) in [7, 11) is 0. The zero-order valence-electron chi connectivity index (χ0n) is 7.76. The van der Waals surface area contributed by atoms with Gasteiger partial charge in [-0.3, -0.25) is 9.89 Å². The molecule has 0 radical (unpaired) electrons. The van der Waals surface area contributed by atoms with E-state index >= 15 is 0 Å². The second-order valence-corrected chi connectivity index (χ2v) is 4.57. The van der Waals surface area contributed by atoms with Crippen LogP contribution in [0.4, 0.5) is 0 Å². The second kappa shape index (κ2) is 4.24. The smallest absolute Gasteiger partial charge is 0.282 e. The van der Waals surface area contributed by atoms with E-state index in [0.29, 0.717) is 9.99 Å². The van der Waals surface area contributed by atoms with Crippen molar-refractivity contribution in [3.05, 3.63) is 20.1 Å². The van der Waals surface area contributed by atoms with Gasteiger partial charge in [0.15, 0.2) is 6.23 Å². The number of aromatic nitrogens is 2. The lowest BCUT2D eigenvalue weighted by Gasteiger charge is -2.11. The molecule has 0 aliphatic carbocycles. The van der Waals surface area contributed by atoms with Crippen molar-refractivity contribution < 1.29 is 14.9 Å². The van der Waals surface area contributed by atoms with Gasteiger partial charge in [0.1, 0.15) is 6.10 Å². The van der Waals surface area contributed by atoms with E-state index in [-0.39, 0.29) is 12.2 Å². The first-order valence-corrected chi connectivity index (χ1v) is 5.61. The van der Waals surface area contributed by atoms with Crippen LogP contribution in [-0.4, -0.2) is 38.8 Å². The topological polar surface area (TPSA) is 87.5 Å². The van der Waals surface area contributed by atoms with Gasteiger partial charge in [-0.05, 0) is 22.6 Å². The zero-order valence-corrected chi connectivity index (χ0v) is 9.92. The summed E-state index contributed by atoms with van der Waals surface area (Å²) in [4.78, 5) is 11.6. The third kappa shape index (κ3) is 1.96. The van der Waals surface area contributed by atoms with E-state index in [0.717, 1.165) is 0 Å². The molecular weight excluding hydrogens is 315 g/mol. The number of rotatable bonds is 2. The molecular formula is C8H11IN2O4. The van der Waals surface area contributed by atoms with Gasteiger partial charge in [0, 0.05) is 12.6 Å². The Labute approximate surface area is 99.0 Å². The van der Waals surface area contributed by atoms with Gasteiger partial charge >= 0.3 is 0 Å². The van der Waals surface area contributed by atoms with Crippen molar-refractivity contribution in [1.82, 2.24) is 9.78 Å². The maximum atomic E-state index is 11.6. The number of hydrogen-bond acceptors (Lipinski definition) is 4. The average Bonchev–Trinajstić information content (AvgIpc) is 2.72. The Balaban J connectivity index is 2.21. The Morgan fingerprint density at radius 3 is 2.93 bits per heavy atom. The van der Waals surface area contributed by atoms with Crippen molar-refractivity contribution >= 4 is 22.6 Å². The molecule has 3 unspecified atom stereocenters. The van der Waals surface area contributed by atoms with Crippen molar-refractivity contribution in [2.24, 2.45) is 0 Å². The van der Waals surface area contributed by atoms with Crippen LogP contribution in [-0.2, 0) is 4.74 Å². The van der Waals surface area contributed by atoms with Crippen molar-refractivity contribution in [1.29, 1.82) is 0 Å². The SMILES string of the molecule is O=c1c(I)c[nH]n1C1CC(O)C(CO)O1. The second-order valence-electron chi connectivity index (χ2n) is 3.41. The minimum Gasteiger partial charge on any atom is -0.394 e. The molecule has 1 aromatic heterocycles. The number of aliphatic hydroxyl groups is 2. The average molecular weight is 326 g/mol. The van der Waals surface area contributed by atoms with Crippen molar-refractivity contribution in [3.8, 4) is 0 Å².